The number of thiophene rings is 1. The van der Waals surface area contributed by atoms with Crippen molar-refractivity contribution < 1.29 is 24.2 Å². The van der Waals surface area contributed by atoms with Crippen LogP contribution in [0.4, 0.5) is 16.4 Å². The van der Waals surface area contributed by atoms with Gasteiger partial charge in [-0.2, -0.15) is 0 Å². The van der Waals surface area contributed by atoms with Gasteiger partial charge in [0, 0.05) is 17.0 Å². The summed E-state index contributed by atoms with van der Waals surface area (Å²) in [6.07, 6.45) is 3.00. The summed E-state index contributed by atoms with van der Waals surface area (Å²) in [5.41, 5.74) is -0.252. The molecule has 1 amide bonds. The van der Waals surface area contributed by atoms with E-state index in [2.05, 4.69) is 5.32 Å². The third kappa shape index (κ3) is 4.46. The number of carbonyl (C=O) groups excluding carboxylic acids is 2. The highest BCUT2D eigenvalue weighted by molar-refractivity contribution is 7.17. The van der Waals surface area contributed by atoms with E-state index in [4.69, 9.17) is 4.74 Å². The summed E-state index contributed by atoms with van der Waals surface area (Å²) in [6, 6.07) is 2.70. The number of fused-ring (bicyclic) bond motifs is 1. The van der Waals surface area contributed by atoms with Crippen molar-refractivity contribution in [2.45, 2.75) is 45.6 Å². The van der Waals surface area contributed by atoms with Crippen LogP contribution >= 0.6 is 11.3 Å². The first kappa shape index (κ1) is 21.4. The number of ether oxygens (including phenoxy) is 1. The molecule has 0 atom stereocenters. The minimum atomic E-state index is -0.806. The van der Waals surface area contributed by atoms with Crippen molar-refractivity contribution in [1.82, 2.24) is 0 Å². The van der Waals surface area contributed by atoms with E-state index in [-0.39, 0.29) is 22.2 Å². The Morgan fingerprint density at radius 1 is 1.07 bits per heavy atom. The Bertz CT molecular complexity index is 1010. The number of aryl methyl sites for hydroxylation is 1. The molecule has 1 aliphatic carbocycles. The summed E-state index contributed by atoms with van der Waals surface area (Å²) in [6.45, 7) is 3.44. The first-order chi connectivity index (χ1) is 14.2. The zero-order chi connectivity index (χ0) is 22.0. The van der Waals surface area contributed by atoms with Crippen LogP contribution in [-0.4, -0.2) is 27.8 Å². The van der Waals surface area contributed by atoms with E-state index in [9.17, 15) is 29.8 Å². The van der Waals surface area contributed by atoms with Crippen molar-refractivity contribution >= 4 is 39.6 Å². The predicted molar refractivity (Wildman–Crippen MR) is 109 cm³/mol. The summed E-state index contributed by atoms with van der Waals surface area (Å²) in [5, 5.41) is 25.0. The standard InChI is InChI=1S/C19H19N3O7S/c1-10(2)29-19(24)16-14-5-3-4-6-15(14)30-18(16)20-17(23)11-7-12(21(25)26)9-13(8-11)22(27)28/h7-10H,3-6H2,1-2H3,(H,20,23). The first-order valence-electron chi connectivity index (χ1n) is 9.28. The van der Waals surface area contributed by atoms with Crippen molar-refractivity contribution in [3.8, 4) is 0 Å². The lowest BCUT2D eigenvalue weighted by Crippen LogP contribution is -2.18. The molecule has 30 heavy (non-hydrogen) atoms. The fourth-order valence-corrected chi connectivity index (χ4v) is 4.53. The van der Waals surface area contributed by atoms with E-state index in [1.54, 1.807) is 13.8 Å². The number of nitro benzene ring substituents is 2. The number of nitrogens with zero attached hydrogens (tertiary/aromatic N) is 2. The van der Waals surface area contributed by atoms with Gasteiger partial charge in [0.25, 0.3) is 17.3 Å². The van der Waals surface area contributed by atoms with Crippen LogP contribution in [0.15, 0.2) is 18.2 Å². The van der Waals surface area contributed by atoms with Gasteiger partial charge in [0.1, 0.15) is 5.00 Å². The van der Waals surface area contributed by atoms with Crippen molar-refractivity contribution in [2.75, 3.05) is 5.32 Å². The van der Waals surface area contributed by atoms with Gasteiger partial charge < -0.3 is 10.1 Å². The molecule has 3 rings (SSSR count). The number of benzene rings is 1. The third-order valence-corrected chi connectivity index (χ3v) is 5.74. The Kier molecular flexibility index (Phi) is 6.11. The molecule has 1 aliphatic rings. The van der Waals surface area contributed by atoms with Crippen LogP contribution in [0.2, 0.25) is 0 Å². The van der Waals surface area contributed by atoms with Gasteiger partial charge in [0.2, 0.25) is 0 Å². The molecule has 0 radical (unpaired) electrons. The number of non-ortho nitro benzene ring substituents is 2. The average Bonchev–Trinajstić information content (AvgIpc) is 3.04. The first-order valence-corrected chi connectivity index (χ1v) is 10.1. The zero-order valence-electron chi connectivity index (χ0n) is 16.3. The van der Waals surface area contributed by atoms with Crippen molar-refractivity contribution in [3.05, 3.63) is 60.0 Å². The highest BCUT2D eigenvalue weighted by Crippen LogP contribution is 2.39. The number of nitro groups is 2. The van der Waals surface area contributed by atoms with E-state index < -0.39 is 33.1 Å². The van der Waals surface area contributed by atoms with Crippen LogP contribution in [0.3, 0.4) is 0 Å². The molecule has 158 valence electrons. The second-order valence-corrected chi connectivity index (χ2v) is 8.18. The predicted octanol–water partition coefficient (Wildman–Crippen LogP) is 4.26. The molecular weight excluding hydrogens is 414 g/mol. The highest BCUT2D eigenvalue weighted by atomic mass is 32.1. The molecule has 1 N–H and O–H groups in total. The fraction of sp³-hybridized carbons (Fsp3) is 0.368. The SMILES string of the molecule is CC(C)OC(=O)c1c(NC(=O)c2cc([N+](=O)[O-])cc([N+](=O)[O-])c2)sc2c1CCCC2. The molecule has 1 heterocycles. The Morgan fingerprint density at radius 3 is 2.23 bits per heavy atom. The Morgan fingerprint density at radius 2 is 1.67 bits per heavy atom. The summed E-state index contributed by atoms with van der Waals surface area (Å²) in [5.74, 6) is -1.33. The lowest BCUT2D eigenvalue weighted by atomic mass is 9.95. The van der Waals surface area contributed by atoms with Gasteiger partial charge in [0.15, 0.2) is 0 Å². The largest absolute Gasteiger partial charge is 0.459 e. The maximum absolute atomic E-state index is 12.8. The van der Waals surface area contributed by atoms with Crippen molar-refractivity contribution in [1.29, 1.82) is 0 Å². The Balaban J connectivity index is 1.99. The van der Waals surface area contributed by atoms with E-state index in [1.807, 2.05) is 0 Å². The van der Waals surface area contributed by atoms with Crippen molar-refractivity contribution in [2.24, 2.45) is 0 Å². The summed E-state index contributed by atoms with van der Waals surface area (Å²) in [4.78, 5) is 47.0. The molecule has 0 aliphatic heterocycles. The van der Waals surface area contributed by atoms with Crippen LogP contribution in [-0.2, 0) is 17.6 Å². The third-order valence-electron chi connectivity index (χ3n) is 4.53. The molecule has 0 spiro atoms. The van der Waals surface area contributed by atoms with E-state index in [1.165, 1.54) is 11.3 Å². The number of nitrogens with one attached hydrogen (secondary N) is 1. The molecule has 0 bridgehead atoms. The maximum Gasteiger partial charge on any atom is 0.341 e. The van der Waals surface area contributed by atoms with E-state index in [0.29, 0.717) is 6.42 Å². The molecule has 0 fully saturated rings. The number of anilines is 1. The normalized spacial score (nSPS) is 12.9. The van der Waals surface area contributed by atoms with Gasteiger partial charge in [-0.25, -0.2) is 4.79 Å². The molecule has 0 saturated heterocycles. The van der Waals surface area contributed by atoms with Gasteiger partial charge in [-0.15, -0.1) is 11.3 Å². The van der Waals surface area contributed by atoms with Gasteiger partial charge in [-0.1, -0.05) is 0 Å². The number of carbonyl (C=O) groups is 2. The zero-order valence-corrected chi connectivity index (χ0v) is 17.1. The maximum atomic E-state index is 12.8. The van der Waals surface area contributed by atoms with Crippen LogP contribution in [0.25, 0.3) is 0 Å². The molecule has 10 nitrogen and oxygen atoms in total. The van der Waals surface area contributed by atoms with Gasteiger partial charge in [0.05, 0.1) is 33.1 Å². The van der Waals surface area contributed by atoms with Crippen LogP contribution < -0.4 is 5.32 Å². The smallest absolute Gasteiger partial charge is 0.341 e. The lowest BCUT2D eigenvalue weighted by molar-refractivity contribution is -0.394. The molecular formula is C19H19N3O7S. The van der Waals surface area contributed by atoms with Gasteiger partial charge in [-0.05, 0) is 45.1 Å². The molecule has 1 aromatic heterocycles. The number of hydrogen-bond acceptors (Lipinski definition) is 8. The molecule has 11 heteroatoms. The Labute approximate surface area is 175 Å². The van der Waals surface area contributed by atoms with E-state index >= 15 is 0 Å². The number of esters is 1. The monoisotopic (exact) mass is 433 g/mol. The average molecular weight is 433 g/mol. The molecule has 2 aromatic rings. The topological polar surface area (TPSA) is 142 Å². The summed E-state index contributed by atoms with van der Waals surface area (Å²) < 4.78 is 5.33. The molecule has 1 aromatic carbocycles. The fourth-order valence-electron chi connectivity index (χ4n) is 3.26. The van der Waals surface area contributed by atoms with Crippen LogP contribution in [0.5, 0.6) is 0 Å². The van der Waals surface area contributed by atoms with E-state index in [0.717, 1.165) is 47.9 Å². The number of hydrogen-bond donors (Lipinski definition) is 1. The Hall–Kier alpha value is -3.34. The number of rotatable bonds is 6. The van der Waals surface area contributed by atoms with Crippen LogP contribution in [0, 0.1) is 20.2 Å². The quantitative estimate of drug-likeness (QED) is 0.407. The second-order valence-electron chi connectivity index (χ2n) is 7.08. The molecule has 0 unspecified atom stereocenters. The van der Waals surface area contributed by atoms with Crippen LogP contribution in [0.1, 0.15) is 57.8 Å². The minimum absolute atomic E-state index is 0.245. The van der Waals surface area contributed by atoms with Gasteiger partial charge >= 0.3 is 5.97 Å². The summed E-state index contributed by atoms with van der Waals surface area (Å²) >= 11 is 1.26. The highest BCUT2D eigenvalue weighted by Gasteiger charge is 2.29. The van der Waals surface area contributed by atoms with Gasteiger partial charge in [-0.3, -0.25) is 25.0 Å². The number of amides is 1. The molecule has 0 saturated carbocycles. The van der Waals surface area contributed by atoms with Crippen molar-refractivity contribution in [3.63, 3.8) is 0 Å². The lowest BCUT2D eigenvalue weighted by Gasteiger charge is -2.14. The second kappa shape index (κ2) is 8.57. The minimum Gasteiger partial charge on any atom is -0.459 e. The summed E-state index contributed by atoms with van der Waals surface area (Å²) in [7, 11) is 0.